The Balaban J connectivity index is 2.08. The van der Waals surface area contributed by atoms with Crippen molar-refractivity contribution in [3.63, 3.8) is 0 Å². The molecule has 0 aliphatic carbocycles. The number of nitrogen functional groups attached to an aromatic ring is 1. The number of furan rings is 1. The van der Waals surface area contributed by atoms with Crippen LogP contribution in [-0.4, -0.2) is 35.1 Å². The van der Waals surface area contributed by atoms with Crippen LogP contribution in [0.25, 0.3) is 0 Å². The quantitative estimate of drug-likeness (QED) is 0.403. The molecule has 0 spiro atoms. The first-order valence-electron chi connectivity index (χ1n) is 6.11. The number of aryl methyl sites for hydroxylation is 1. The van der Waals surface area contributed by atoms with Crippen molar-refractivity contribution in [2.75, 3.05) is 13.2 Å². The molecular formula is C12H19N3O3. The van der Waals surface area contributed by atoms with Crippen molar-refractivity contribution >= 4 is 5.91 Å². The maximum atomic E-state index is 11.4. The molecule has 0 radical (unpaired) electrons. The van der Waals surface area contributed by atoms with Crippen LogP contribution in [0.15, 0.2) is 10.5 Å². The van der Waals surface area contributed by atoms with Gasteiger partial charge in [-0.05, 0) is 32.4 Å². The molecule has 1 saturated heterocycles. The summed E-state index contributed by atoms with van der Waals surface area (Å²) in [4.78, 5) is 13.6. The second-order valence-electron chi connectivity index (χ2n) is 4.65. The van der Waals surface area contributed by atoms with E-state index in [4.69, 9.17) is 10.3 Å². The van der Waals surface area contributed by atoms with Crippen molar-refractivity contribution in [2.45, 2.75) is 32.4 Å². The molecule has 1 aromatic rings. The van der Waals surface area contributed by atoms with E-state index < -0.39 is 5.91 Å². The monoisotopic (exact) mass is 253 g/mol. The van der Waals surface area contributed by atoms with E-state index in [2.05, 4.69) is 10.3 Å². The number of nitrogens with one attached hydrogen (secondary N) is 1. The third kappa shape index (κ3) is 2.55. The Labute approximate surface area is 106 Å². The van der Waals surface area contributed by atoms with E-state index in [9.17, 15) is 9.90 Å². The maximum absolute atomic E-state index is 11.4. The molecular weight excluding hydrogens is 234 g/mol. The minimum Gasteiger partial charge on any atom is -0.454 e. The van der Waals surface area contributed by atoms with Gasteiger partial charge >= 0.3 is 5.91 Å². The molecule has 2 rings (SSSR count). The summed E-state index contributed by atoms with van der Waals surface area (Å²) >= 11 is 0. The Kier molecular flexibility index (Phi) is 4.00. The van der Waals surface area contributed by atoms with Gasteiger partial charge in [0.2, 0.25) is 0 Å². The number of nitrogens with zero attached hydrogens (tertiary/aromatic N) is 1. The van der Waals surface area contributed by atoms with Gasteiger partial charge in [-0.1, -0.05) is 0 Å². The molecule has 4 N–H and O–H groups in total. The molecule has 1 aromatic heterocycles. The van der Waals surface area contributed by atoms with Gasteiger partial charge in [-0.2, -0.15) is 0 Å². The number of aliphatic hydroxyl groups is 1. The number of carbonyl (C=O) groups is 1. The van der Waals surface area contributed by atoms with Gasteiger partial charge in [0.25, 0.3) is 0 Å². The van der Waals surface area contributed by atoms with Crippen molar-refractivity contribution < 1.29 is 14.3 Å². The van der Waals surface area contributed by atoms with Crippen LogP contribution in [0.5, 0.6) is 0 Å². The summed E-state index contributed by atoms with van der Waals surface area (Å²) in [6.45, 7) is 3.54. The first-order chi connectivity index (χ1) is 8.65. The Hall–Kier alpha value is -1.37. The number of amides is 1. The highest BCUT2D eigenvalue weighted by Crippen LogP contribution is 2.22. The fourth-order valence-electron chi connectivity index (χ4n) is 2.43. The molecule has 0 aromatic carbocycles. The van der Waals surface area contributed by atoms with Crippen molar-refractivity contribution in [3.8, 4) is 0 Å². The molecule has 1 unspecified atom stereocenters. The zero-order valence-corrected chi connectivity index (χ0v) is 10.5. The summed E-state index contributed by atoms with van der Waals surface area (Å²) in [6.07, 6.45) is 2.09. The minimum atomic E-state index is -0.418. The Morgan fingerprint density at radius 2 is 2.50 bits per heavy atom. The Morgan fingerprint density at radius 3 is 3.17 bits per heavy atom. The van der Waals surface area contributed by atoms with E-state index in [-0.39, 0.29) is 18.4 Å². The molecule has 6 heteroatoms. The molecule has 2 heterocycles. The average Bonchev–Trinajstić information content (AvgIpc) is 2.95. The van der Waals surface area contributed by atoms with Crippen molar-refractivity contribution in [1.29, 1.82) is 0 Å². The third-order valence-electron chi connectivity index (χ3n) is 3.37. The molecule has 0 saturated carbocycles. The topological polar surface area (TPSA) is 91.7 Å². The molecule has 100 valence electrons. The van der Waals surface area contributed by atoms with Gasteiger partial charge in [-0.25, -0.2) is 5.84 Å². The van der Waals surface area contributed by atoms with E-state index in [1.54, 1.807) is 0 Å². The van der Waals surface area contributed by atoms with E-state index in [1.807, 2.05) is 13.0 Å². The van der Waals surface area contributed by atoms with Crippen molar-refractivity contribution in [1.82, 2.24) is 10.3 Å². The number of hydrogen-bond acceptors (Lipinski definition) is 5. The number of likely N-dealkylation sites (tertiary alicyclic amines) is 1. The van der Waals surface area contributed by atoms with E-state index >= 15 is 0 Å². The summed E-state index contributed by atoms with van der Waals surface area (Å²) in [5, 5.41) is 9.25. The van der Waals surface area contributed by atoms with Gasteiger partial charge in [0, 0.05) is 11.6 Å². The molecule has 1 amide bonds. The fraction of sp³-hybridized carbons (Fsp3) is 0.583. The lowest BCUT2D eigenvalue weighted by atomic mass is 10.2. The molecule has 0 bridgehead atoms. The van der Waals surface area contributed by atoms with Crippen LogP contribution in [0.4, 0.5) is 0 Å². The molecule has 6 nitrogen and oxygen atoms in total. The highest BCUT2D eigenvalue weighted by Gasteiger charge is 2.25. The van der Waals surface area contributed by atoms with Crippen LogP contribution in [-0.2, 0) is 6.54 Å². The van der Waals surface area contributed by atoms with Crippen LogP contribution in [0.3, 0.4) is 0 Å². The zero-order chi connectivity index (χ0) is 13.1. The van der Waals surface area contributed by atoms with Crippen LogP contribution < -0.4 is 11.3 Å². The predicted molar refractivity (Wildman–Crippen MR) is 65.6 cm³/mol. The molecule has 1 fully saturated rings. The van der Waals surface area contributed by atoms with Gasteiger partial charge in [0.15, 0.2) is 5.76 Å². The molecule has 1 aliphatic heterocycles. The highest BCUT2D eigenvalue weighted by molar-refractivity contribution is 5.92. The first-order valence-corrected chi connectivity index (χ1v) is 6.11. The van der Waals surface area contributed by atoms with Crippen LogP contribution >= 0.6 is 0 Å². The maximum Gasteiger partial charge on any atom is 0.301 e. The molecule has 1 aliphatic rings. The molecule has 18 heavy (non-hydrogen) atoms. The second-order valence-corrected chi connectivity index (χ2v) is 4.65. The van der Waals surface area contributed by atoms with Crippen molar-refractivity contribution in [3.05, 3.63) is 23.2 Å². The van der Waals surface area contributed by atoms with Gasteiger partial charge in [0.1, 0.15) is 5.76 Å². The van der Waals surface area contributed by atoms with Crippen LogP contribution in [0.2, 0.25) is 0 Å². The summed E-state index contributed by atoms with van der Waals surface area (Å²) in [5.74, 6) is 5.65. The van der Waals surface area contributed by atoms with E-state index in [0.29, 0.717) is 6.54 Å². The smallest absolute Gasteiger partial charge is 0.301 e. The Bertz CT molecular complexity index is 430. The summed E-state index contributed by atoms with van der Waals surface area (Å²) < 4.78 is 5.51. The number of nitrogens with two attached hydrogens (primary N) is 1. The summed E-state index contributed by atoms with van der Waals surface area (Å²) in [7, 11) is 0. The number of aliphatic hydroxyl groups excluding tert-OH is 1. The fourth-order valence-corrected chi connectivity index (χ4v) is 2.43. The van der Waals surface area contributed by atoms with Crippen LogP contribution in [0, 0.1) is 6.92 Å². The van der Waals surface area contributed by atoms with Crippen molar-refractivity contribution in [2.24, 2.45) is 5.84 Å². The van der Waals surface area contributed by atoms with Gasteiger partial charge in [0.05, 0.1) is 13.2 Å². The van der Waals surface area contributed by atoms with Crippen LogP contribution in [0.1, 0.15) is 34.7 Å². The summed E-state index contributed by atoms with van der Waals surface area (Å²) in [5.41, 5.74) is 2.83. The SMILES string of the molecule is Cc1cc(CN2CCCC2CO)oc1C(=O)NN. The standard InChI is InChI=1S/C12H19N3O3/c1-8-5-10(18-11(8)12(17)14-13)6-15-4-2-3-9(15)7-16/h5,9,16H,2-4,6-7,13H2,1H3,(H,14,17). The normalized spacial score (nSPS) is 20.3. The van der Waals surface area contributed by atoms with Gasteiger partial charge < -0.3 is 9.52 Å². The lowest BCUT2D eigenvalue weighted by Gasteiger charge is -2.21. The zero-order valence-electron chi connectivity index (χ0n) is 10.5. The largest absolute Gasteiger partial charge is 0.454 e. The van der Waals surface area contributed by atoms with Gasteiger partial charge in [-0.15, -0.1) is 0 Å². The second kappa shape index (κ2) is 5.51. The lowest BCUT2D eigenvalue weighted by molar-refractivity contribution is 0.0918. The number of rotatable bonds is 4. The predicted octanol–water partition coefficient (Wildman–Crippen LogP) is 0.148. The number of hydrogen-bond donors (Lipinski definition) is 3. The number of hydrazine groups is 1. The highest BCUT2D eigenvalue weighted by atomic mass is 16.4. The van der Waals surface area contributed by atoms with E-state index in [0.717, 1.165) is 30.7 Å². The summed E-state index contributed by atoms with van der Waals surface area (Å²) in [6, 6.07) is 2.04. The average molecular weight is 253 g/mol. The number of carbonyl (C=O) groups excluding carboxylic acids is 1. The van der Waals surface area contributed by atoms with E-state index in [1.165, 1.54) is 0 Å². The lowest BCUT2D eigenvalue weighted by Crippen LogP contribution is -2.31. The van der Waals surface area contributed by atoms with Gasteiger partial charge in [-0.3, -0.25) is 15.1 Å². The third-order valence-corrected chi connectivity index (χ3v) is 3.37. The molecule has 1 atom stereocenters. The Morgan fingerprint density at radius 1 is 1.72 bits per heavy atom. The first kappa shape index (κ1) is 13.1. The minimum absolute atomic E-state index is 0.163.